The molecule has 2 aromatic carbocycles. The number of phenolic OH excluding ortho intramolecular Hbond substituents is 1. The zero-order valence-corrected chi connectivity index (χ0v) is 12.0. The van der Waals surface area contributed by atoms with Crippen LogP contribution in [0.25, 0.3) is 10.8 Å². The maximum Gasteiger partial charge on any atom is 0.258 e. The van der Waals surface area contributed by atoms with Crippen molar-refractivity contribution in [1.29, 1.82) is 0 Å². The van der Waals surface area contributed by atoms with Gasteiger partial charge in [-0.1, -0.05) is 24.3 Å². The number of hydrogen-bond acceptors (Lipinski definition) is 3. The summed E-state index contributed by atoms with van der Waals surface area (Å²) in [5, 5.41) is 11.8. The summed E-state index contributed by atoms with van der Waals surface area (Å²) in [7, 11) is 0. The Hall–Kier alpha value is -2.56. The summed E-state index contributed by atoms with van der Waals surface area (Å²) in [5.74, 6) is -1.10. The molecule has 0 heterocycles. The minimum Gasteiger partial charge on any atom is -0.507 e. The highest BCUT2D eigenvalue weighted by Gasteiger charge is 2.23. The highest BCUT2D eigenvalue weighted by atomic mass is 16.3. The molecule has 2 rings (SSSR count). The molecule has 0 aliphatic rings. The summed E-state index contributed by atoms with van der Waals surface area (Å²) >= 11 is 0. The van der Waals surface area contributed by atoms with E-state index in [1.807, 2.05) is 24.3 Å². The lowest BCUT2D eigenvalue weighted by Crippen LogP contribution is -2.42. The molecule has 110 valence electrons. The molecular formula is C16H18N2O3. The zero-order valence-electron chi connectivity index (χ0n) is 12.0. The van der Waals surface area contributed by atoms with Gasteiger partial charge in [-0.05, 0) is 36.8 Å². The second-order valence-electron chi connectivity index (χ2n) is 5.21. The van der Waals surface area contributed by atoms with E-state index in [-0.39, 0.29) is 23.9 Å². The third-order valence-electron chi connectivity index (χ3n) is 3.30. The van der Waals surface area contributed by atoms with Crippen molar-refractivity contribution in [2.24, 2.45) is 5.73 Å². The van der Waals surface area contributed by atoms with Crippen molar-refractivity contribution < 1.29 is 14.7 Å². The van der Waals surface area contributed by atoms with Crippen LogP contribution < -0.4 is 5.73 Å². The summed E-state index contributed by atoms with van der Waals surface area (Å²) in [6.07, 6.45) is 0. The highest BCUT2D eigenvalue weighted by Crippen LogP contribution is 2.26. The molecule has 0 saturated carbocycles. The predicted molar refractivity (Wildman–Crippen MR) is 81.0 cm³/mol. The number of phenols is 1. The highest BCUT2D eigenvalue weighted by molar-refractivity contribution is 6.02. The predicted octanol–water partition coefficient (Wildman–Crippen LogP) is 1.88. The van der Waals surface area contributed by atoms with E-state index >= 15 is 0 Å². The van der Waals surface area contributed by atoms with Crippen molar-refractivity contribution >= 4 is 22.6 Å². The Morgan fingerprint density at radius 2 is 1.76 bits per heavy atom. The van der Waals surface area contributed by atoms with Gasteiger partial charge in [-0.25, -0.2) is 0 Å². The van der Waals surface area contributed by atoms with Crippen molar-refractivity contribution in [2.75, 3.05) is 6.54 Å². The monoisotopic (exact) mass is 286 g/mol. The van der Waals surface area contributed by atoms with E-state index < -0.39 is 11.8 Å². The fourth-order valence-electron chi connectivity index (χ4n) is 2.21. The van der Waals surface area contributed by atoms with E-state index in [0.29, 0.717) is 0 Å². The van der Waals surface area contributed by atoms with Gasteiger partial charge in [-0.2, -0.15) is 0 Å². The third kappa shape index (κ3) is 3.13. The Bertz CT molecular complexity index is 695. The summed E-state index contributed by atoms with van der Waals surface area (Å²) in [4.78, 5) is 25.0. The summed E-state index contributed by atoms with van der Waals surface area (Å²) in [5.41, 5.74) is 5.35. The summed E-state index contributed by atoms with van der Waals surface area (Å²) < 4.78 is 0. The van der Waals surface area contributed by atoms with Gasteiger partial charge in [0.05, 0.1) is 12.1 Å². The first-order valence-corrected chi connectivity index (χ1v) is 6.71. The van der Waals surface area contributed by atoms with Crippen LogP contribution in [0.15, 0.2) is 36.4 Å². The van der Waals surface area contributed by atoms with E-state index in [1.165, 1.54) is 4.90 Å². The lowest BCUT2D eigenvalue weighted by molar-refractivity contribution is -0.119. The Labute approximate surface area is 123 Å². The first-order chi connectivity index (χ1) is 9.90. The van der Waals surface area contributed by atoms with Crippen LogP contribution in [-0.4, -0.2) is 34.4 Å². The topological polar surface area (TPSA) is 83.6 Å². The van der Waals surface area contributed by atoms with E-state index in [2.05, 4.69) is 0 Å². The number of amides is 2. The molecule has 0 atom stereocenters. The largest absolute Gasteiger partial charge is 0.507 e. The average Bonchev–Trinajstić information content (AvgIpc) is 2.42. The Morgan fingerprint density at radius 1 is 1.19 bits per heavy atom. The van der Waals surface area contributed by atoms with Crippen LogP contribution in [0.5, 0.6) is 5.75 Å². The average molecular weight is 286 g/mol. The van der Waals surface area contributed by atoms with E-state index in [4.69, 9.17) is 5.73 Å². The van der Waals surface area contributed by atoms with Gasteiger partial charge in [0.2, 0.25) is 5.91 Å². The number of benzene rings is 2. The molecule has 0 fully saturated rings. The van der Waals surface area contributed by atoms with Gasteiger partial charge in [0.1, 0.15) is 5.75 Å². The van der Waals surface area contributed by atoms with Crippen LogP contribution in [0.1, 0.15) is 24.2 Å². The van der Waals surface area contributed by atoms with Crippen molar-refractivity contribution in [3.63, 3.8) is 0 Å². The van der Waals surface area contributed by atoms with Gasteiger partial charge in [-0.15, -0.1) is 0 Å². The van der Waals surface area contributed by atoms with Crippen LogP contribution in [-0.2, 0) is 4.79 Å². The standard InChI is InChI=1S/C16H18N2O3/c1-10(2)18(9-15(17)20)16(21)13-7-11-5-3-4-6-12(11)8-14(13)19/h3-8,10,19H,9H2,1-2H3,(H2,17,20). The summed E-state index contributed by atoms with van der Waals surface area (Å²) in [6.45, 7) is 3.40. The molecule has 0 spiro atoms. The molecule has 21 heavy (non-hydrogen) atoms. The smallest absolute Gasteiger partial charge is 0.258 e. The molecule has 0 saturated heterocycles. The first-order valence-electron chi connectivity index (χ1n) is 6.71. The lowest BCUT2D eigenvalue weighted by Gasteiger charge is -2.25. The number of primary amides is 1. The van der Waals surface area contributed by atoms with Gasteiger partial charge in [0, 0.05) is 6.04 Å². The minimum atomic E-state index is -0.586. The maximum atomic E-state index is 12.5. The maximum absolute atomic E-state index is 12.5. The van der Waals surface area contributed by atoms with Crippen LogP contribution in [0, 0.1) is 0 Å². The Balaban J connectivity index is 2.46. The van der Waals surface area contributed by atoms with Crippen LogP contribution in [0.4, 0.5) is 0 Å². The number of nitrogens with zero attached hydrogens (tertiary/aromatic N) is 1. The van der Waals surface area contributed by atoms with Crippen molar-refractivity contribution in [1.82, 2.24) is 4.90 Å². The number of carbonyl (C=O) groups is 2. The first kappa shape index (κ1) is 14.8. The SMILES string of the molecule is CC(C)N(CC(N)=O)C(=O)c1cc2ccccc2cc1O. The van der Waals surface area contributed by atoms with Crippen molar-refractivity contribution in [3.05, 3.63) is 42.0 Å². The second kappa shape index (κ2) is 5.83. The molecule has 0 aliphatic carbocycles. The quantitative estimate of drug-likeness (QED) is 0.900. The number of carbonyl (C=O) groups excluding carboxylic acids is 2. The minimum absolute atomic E-state index is 0.103. The molecule has 2 aromatic rings. The van der Waals surface area contributed by atoms with Crippen molar-refractivity contribution in [3.8, 4) is 5.75 Å². The number of nitrogens with two attached hydrogens (primary N) is 1. The number of fused-ring (bicyclic) bond motifs is 1. The number of rotatable bonds is 4. The van der Waals surface area contributed by atoms with E-state index in [1.54, 1.807) is 26.0 Å². The van der Waals surface area contributed by atoms with Gasteiger partial charge in [-0.3, -0.25) is 9.59 Å². The van der Waals surface area contributed by atoms with Crippen LogP contribution in [0.3, 0.4) is 0 Å². The fourth-order valence-corrected chi connectivity index (χ4v) is 2.21. The van der Waals surface area contributed by atoms with Gasteiger partial charge in [0.15, 0.2) is 0 Å². The molecule has 3 N–H and O–H groups in total. The van der Waals surface area contributed by atoms with Gasteiger partial charge < -0.3 is 15.7 Å². The van der Waals surface area contributed by atoms with E-state index in [9.17, 15) is 14.7 Å². The van der Waals surface area contributed by atoms with Crippen LogP contribution in [0.2, 0.25) is 0 Å². The molecule has 0 radical (unpaired) electrons. The fraction of sp³-hybridized carbons (Fsp3) is 0.250. The molecule has 2 amide bonds. The van der Waals surface area contributed by atoms with Crippen molar-refractivity contribution in [2.45, 2.75) is 19.9 Å². The lowest BCUT2D eigenvalue weighted by atomic mass is 10.0. The molecule has 0 aliphatic heterocycles. The molecule has 0 unspecified atom stereocenters. The molecule has 5 heteroatoms. The van der Waals surface area contributed by atoms with Gasteiger partial charge in [0.25, 0.3) is 5.91 Å². The summed E-state index contributed by atoms with van der Waals surface area (Å²) in [6, 6.07) is 10.4. The Kier molecular flexibility index (Phi) is 4.12. The normalized spacial score (nSPS) is 10.8. The third-order valence-corrected chi connectivity index (χ3v) is 3.30. The zero-order chi connectivity index (χ0) is 15.6. The molecule has 0 aromatic heterocycles. The van der Waals surface area contributed by atoms with Gasteiger partial charge >= 0.3 is 0 Å². The second-order valence-corrected chi connectivity index (χ2v) is 5.21. The number of hydrogen-bond donors (Lipinski definition) is 2. The van der Waals surface area contributed by atoms with E-state index in [0.717, 1.165) is 10.8 Å². The Morgan fingerprint density at radius 3 is 2.29 bits per heavy atom. The molecule has 0 bridgehead atoms. The van der Waals surface area contributed by atoms with Crippen LogP contribution >= 0.6 is 0 Å². The molecular weight excluding hydrogens is 268 g/mol. The number of aromatic hydroxyl groups is 1. The molecule has 5 nitrogen and oxygen atoms in total.